The molecule has 1 aliphatic heterocycles. The summed E-state index contributed by atoms with van der Waals surface area (Å²) in [4.78, 5) is 15.5. The van der Waals surface area contributed by atoms with Gasteiger partial charge in [-0.05, 0) is 12.3 Å². The van der Waals surface area contributed by atoms with Crippen molar-refractivity contribution in [2.24, 2.45) is 11.8 Å². The van der Waals surface area contributed by atoms with Gasteiger partial charge < -0.3 is 4.90 Å². The molecule has 2 rings (SSSR count). The summed E-state index contributed by atoms with van der Waals surface area (Å²) in [7, 11) is 0. The minimum Gasteiger partial charge on any atom is -0.340 e. The van der Waals surface area contributed by atoms with Crippen LogP contribution < -0.4 is 0 Å². The molecule has 2 atom stereocenters. The van der Waals surface area contributed by atoms with Gasteiger partial charge in [-0.2, -0.15) is 13.2 Å². The van der Waals surface area contributed by atoms with Crippen LogP contribution in [0.2, 0.25) is 0 Å². The van der Waals surface area contributed by atoms with Crippen LogP contribution in [-0.4, -0.2) is 54.6 Å². The third-order valence-electron chi connectivity index (χ3n) is 3.82. The van der Waals surface area contributed by atoms with Crippen LogP contribution in [0.15, 0.2) is 0 Å². The van der Waals surface area contributed by atoms with Crippen LogP contribution in [0.1, 0.15) is 19.8 Å². The average Bonchev–Trinajstić information content (AvgIpc) is 3.03. The number of hydrogen-bond acceptors (Lipinski definition) is 2. The first-order valence-corrected chi connectivity index (χ1v) is 6.45. The monoisotopic (exact) mass is 264 g/mol. The Labute approximate surface area is 105 Å². The molecule has 1 aliphatic carbocycles. The summed E-state index contributed by atoms with van der Waals surface area (Å²) in [6, 6.07) is 0. The van der Waals surface area contributed by atoms with Crippen molar-refractivity contribution in [1.29, 1.82) is 0 Å². The van der Waals surface area contributed by atoms with E-state index >= 15 is 0 Å². The number of halogens is 3. The molecule has 0 bridgehead atoms. The molecular weight excluding hydrogens is 245 g/mol. The number of carbonyl (C=O) groups is 1. The van der Waals surface area contributed by atoms with Crippen molar-refractivity contribution >= 4 is 5.91 Å². The fourth-order valence-electron chi connectivity index (χ4n) is 2.38. The number of rotatable bonds is 3. The molecular formula is C12H19F3N2O. The summed E-state index contributed by atoms with van der Waals surface area (Å²) in [5, 5.41) is 0. The minimum absolute atomic E-state index is 0.0470. The first kappa shape index (κ1) is 13.6. The topological polar surface area (TPSA) is 23.6 Å². The van der Waals surface area contributed by atoms with Crippen LogP contribution in [0.5, 0.6) is 0 Å². The van der Waals surface area contributed by atoms with E-state index in [0.29, 0.717) is 32.1 Å². The van der Waals surface area contributed by atoms with Crippen molar-refractivity contribution in [2.45, 2.75) is 25.9 Å². The van der Waals surface area contributed by atoms with E-state index in [1.165, 1.54) is 0 Å². The molecule has 104 valence electrons. The SMILES string of the molecule is C[C@@H]1C[C@@H]1C(=O)N1CCN(CCC(F)(F)F)CC1. The summed E-state index contributed by atoms with van der Waals surface area (Å²) in [5.41, 5.74) is 0. The molecule has 6 heteroatoms. The molecule has 0 aromatic heterocycles. The molecule has 1 heterocycles. The molecule has 0 aromatic rings. The van der Waals surface area contributed by atoms with Gasteiger partial charge in [0, 0.05) is 38.6 Å². The van der Waals surface area contributed by atoms with E-state index in [-0.39, 0.29) is 18.4 Å². The Hall–Kier alpha value is -0.780. The van der Waals surface area contributed by atoms with Crippen molar-refractivity contribution in [3.8, 4) is 0 Å². The van der Waals surface area contributed by atoms with Crippen molar-refractivity contribution < 1.29 is 18.0 Å². The van der Waals surface area contributed by atoms with E-state index in [9.17, 15) is 18.0 Å². The maximum atomic E-state index is 12.1. The Balaban J connectivity index is 1.70. The minimum atomic E-state index is -4.09. The number of hydrogen-bond donors (Lipinski definition) is 0. The van der Waals surface area contributed by atoms with Crippen molar-refractivity contribution in [3.05, 3.63) is 0 Å². The highest BCUT2D eigenvalue weighted by molar-refractivity contribution is 5.81. The smallest absolute Gasteiger partial charge is 0.340 e. The van der Waals surface area contributed by atoms with Gasteiger partial charge in [-0.15, -0.1) is 0 Å². The van der Waals surface area contributed by atoms with Crippen LogP contribution in [0.25, 0.3) is 0 Å². The van der Waals surface area contributed by atoms with Gasteiger partial charge in [-0.1, -0.05) is 6.92 Å². The number of nitrogens with zero attached hydrogens (tertiary/aromatic N) is 2. The molecule has 1 amide bonds. The lowest BCUT2D eigenvalue weighted by atomic mass is 10.2. The van der Waals surface area contributed by atoms with Crippen LogP contribution >= 0.6 is 0 Å². The highest BCUT2D eigenvalue weighted by atomic mass is 19.4. The Kier molecular flexibility index (Phi) is 3.84. The Morgan fingerprint density at radius 3 is 2.22 bits per heavy atom. The zero-order chi connectivity index (χ0) is 13.3. The third kappa shape index (κ3) is 3.60. The Morgan fingerprint density at radius 1 is 1.22 bits per heavy atom. The molecule has 2 aliphatic rings. The van der Waals surface area contributed by atoms with Gasteiger partial charge in [0.05, 0.1) is 6.42 Å². The molecule has 0 aromatic carbocycles. The molecule has 2 fully saturated rings. The van der Waals surface area contributed by atoms with Crippen LogP contribution in [0.3, 0.4) is 0 Å². The zero-order valence-electron chi connectivity index (χ0n) is 10.5. The van der Waals surface area contributed by atoms with Crippen molar-refractivity contribution in [2.75, 3.05) is 32.7 Å². The van der Waals surface area contributed by atoms with Crippen molar-refractivity contribution in [3.63, 3.8) is 0 Å². The molecule has 0 unspecified atom stereocenters. The van der Waals surface area contributed by atoms with E-state index in [4.69, 9.17) is 0 Å². The van der Waals surface area contributed by atoms with Gasteiger partial charge in [0.15, 0.2) is 0 Å². The van der Waals surface area contributed by atoms with E-state index in [1.807, 2.05) is 0 Å². The summed E-state index contributed by atoms with van der Waals surface area (Å²) in [5.74, 6) is 0.852. The molecule has 3 nitrogen and oxygen atoms in total. The summed E-state index contributed by atoms with van der Waals surface area (Å²) < 4.78 is 36.2. The predicted octanol–water partition coefficient (Wildman–Crippen LogP) is 1.74. The van der Waals surface area contributed by atoms with Gasteiger partial charge in [-0.3, -0.25) is 9.69 Å². The summed E-state index contributed by atoms with van der Waals surface area (Å²) in [6.45, 7) is 4.36. The standard InChI is InChI=1S/C12H19F3N2O/c1-9-8-10(9)11(18)17-6-4-16(5-7-17)3-2-12(13,14)15/h9-10H,2-8H2,1H3/t9-,10+/m1/s1. The molecule has 0 spiro atoms. The Bertz CT molecular complexity index is 311. The van der Waals surface area contributed by atoms with Gasteiger partial charge in [0.2, 0.25) is 5.91 Å². The largest absolute Gasteiger partial charge is 0.390 e. The maximum absolute atomic E-state index is 12.1. The van der Waals surface area contributed by atoms with Crippen molar-refractivity contribution in [1.82, 2.24) is 9.80 Å². The fraction of sp³-hybridized carbons (Fsp3) is 0.917. The Morgan fingerprint density at radius 2 is 1.78 bits per heavy atom. The quantitative estimate of drug-likeness (QED) is 0.775. The highest BCUT2D eigenvalue weighted by Gasteiger charge is 2.42. The van der Waals surface area contributed by atoms with Crippen LogP contribution in [0.4, 0.5) is 13.2 Å². The van der Waals surface area contributed by atoms with E-state index in [2.05, 4.69) is 6.92 Å². The van der Waals surface area contributed by atoms with Gasteiger partial charge in [0.1, 0.15) is 0 Å². The fourth-order valence-corrected chi connectivity index (χ4v) is 2.38. The lowest BCUT2D eigenvalue weighted by molar-refractivity contribution is -0.142. The first-order valence-electron chi connectivity index (χ1n) is 6.45. The maximum Gasteiger partial charge on any atom is 0.390 e. The first-order chi connectivity index (χ1) is 8.37. The molecule has 18 heavy (non-hydrogen) atoms. The summed E-state index contributed by atoms with van der Waals surface area (Å²) >= 11 is 0. The highest BCUT2D eigenvalue weighted by Crippen LogP contribution is 2.39. The lowest BCUT2D eigenvalue weighted by Crippen LogP contribution is -2.49. The second kappa shape index (κ2) is 5.07. The van der Waals surface area contributed by atoms with E-state index in [0.717, 1.165) is 6.42 Å². The van der Waals surface area contributed by atoms with Gasteiger partial charge in [-0.25, -0.2) is 0 Å². The second-order valence-corrected chi connectivity index (χ2v) is 5.35. The number of alkyl halides is 3. The zero-order valence-corrected chi connectivity index (χ0v) is 10.5. The van der Waals surface area contributed by atoms with Gasteiger partial charge >= 0.3 is 6.18 Å². The number of carbonyl (C=O) groups excluding carboxylic acids is 1. The van der Waals surface area contributed by atoms with Crippen LogP contribution in [-0.2, 0) is 4.79 Å². The van der Waals surface area contributed by atoms with E-state index in [1.54, 1.807) is 9.80 Å². The molecule has 0 N–H and O–H groups in total. The average molecular weight is 264 g/mol. The lowest BCUT2D eigenvalue weighted by Gasteiger charge is -2.35. The predicted molar refractivity (Wildman–Crippen MR) is 61.0 cm³/mol. The summed E-state index contributed by atoms with van der Waals surface area (Å²) in [6.07, 6.45) is -3.88. The molecule has 1 saturated heterocycles. The van der Waals surface area contributed by atoms with E-state index < -0.39 is 12.6 Å². The molecule has 1 saturated carbocycles. The number of piperazine rings is 1. The van der Waals surface area contributed by atoms with Gasteiger partial charge in [0.25, 0.3) is 0 Å². The number of amides is 1. The third-order valence-corrected chi connectivity index (χ3v) is 3.82. The normalized spacial score (nSPS) is 29.4. The molecule has 0 radical (unpaired) electrons. The second-order valence-electron chi connectivity index (χ2n) is 5.35. The van der Waals surface area contributed by atoms with Crippen LogP contribution in [0, 0.1) is 11.8 Å².